The molecule has 86 valence electrons. The predicted octanol–water partition coefficient (Wildman–Crippen LogP) is 0.365. The molecule has 1 fully saturated rings. The van der Waals surface area contributed by atoms with Crippen molar-refractivity contribution in [3.8, 4) is 0 Å². The van der Waals surface area contributed by atoms with Crippen LogP contribution < -0.4 is 16.4 Å². The van der Waals surface area contributed by atoms with Crippen molar-refractivity contribution in [3.05, 3.63) is 0 Å². The summed E-state index contributed by atoms with van der Waals surface area (Å²) in [7, 11) is 0. The van der Waals surface area contributed by atoms with E-state index in [9.17, 15) is 4.79 Å². The van der Waals surface area contributed by atoms with E-state index in [1.807, 2.05) is 6.92 Å². The van der Waals surface area contributed by atoms with Crippen molar-refractivity contribution in [1.82, 2.24) is 10.6 Å². The third-order valence-electron chi connectivity index (χ3n) is 2.75. The third-order valence-corrected chi connectivity index (χ3v) is 2.75. The van der Waals surface area contributed by atoms with E-state index in [-0.39, 0.29) is 11.9 Å². The van der Waals surface area contributed by atoms with Crippen molar-refractivity contribution in [2.75, 3.05) is 6.54 Å². The van der Waals surface area contributed by atoms with E-state index in [0.29, 0.717) is 6.54 Å². The molecule has 15 heavy (non-hydrogen) atoms. The van der Waals surface area contributed by atoms with Gasteiger partial charge in [-0.05, 0) is 19.8 Å². The minimum atomic E-state index is -0.659. The lowest BCUT2D eigenvalue weighted by Gasteiger charge is -2.28. The SMILES string of the molecule is CCNC(=O)NC1(/C(N)=N/O)CCCC1. The maximum Gasteiger partial charge on any atom is 0.315 e. The molecule has 0 aromatic carbocycles. The Balaban J connectivity index is 2.70. The monoisotopic (exact) mass is 214 g/mol. The van der Waals surface area contributed by atoms with Crippen molar-refractivity contribution < 1.29 is 10.0 Å². The van der Waals surface area contributed by atoms with Gasteiger partial charge in [-0.1, -0.05) is 18.0 Å². The van der Waals surface area contributed by atoms with Crippen molar-refractivity contribution in [2.45, 2.75) is 38.1 Å². The van der Waals surface area contributed by atoms with Gasteiger partial charge in [0.1, 0.15) is 5.54 Å². The van der Waals surface area contributed by atoms with Crippen molar-refractivity contribution in [2.24, 2.45) is 10.9 Å². The second kappa shape index (κ2) is 4.86. The van der Waals surface area contributed by atoms with E-state index in [0.717, 1.165) is 25.7 Å². The van der Waals surface area contributed by atoms with Crippen LogP contribution >= 0.6 is 0 Å². The second-order valence-corrected chi connectivity index (χ2v) is 3.76. The van der Waals surface area contributed by atoms with Gasteiger partial charge in [-0.3, -0.25) is 0 Å². The fraction of sp³-hybridized carbons (Fsp3) is 0.778. The first-order valence-corrected chi connectivity index (χ1v) is 5.18. The summed E-state index contributed by atoms with van der Waals surface area (Å²) >= 11 is 0. The Kier molecular flexibility index (Phi) is 3.76. The van der Waals surface area contributed by atoms with Gasteiger partial charge in [-0.25, -0.2) is 4.79 Å². The van der Waals surface area contributed by atoms with Crippen LogP contribution in [0, 0.1) is 0 Å². The Morgan fingerprint density at radius 1 is 1.53 bits per heavy atom. The maximum absolute atomic E-state index is 11.4. The lowest BCUT2D eigenvalue weighted by molar-refractivity contribution is 0.232. The number of nitrogens with zero attached hydrogens (tertiary/aromatic N) is 1. The van der Waals surface area contributed by atoms with Crippen LogP contribution in [0.5, 0.6) is 0 Å². The standard InChI is InChI=1S/C9H18N4O2/c1-2-11-8(14)12-9(7(10)13-15)5-3-4-6-9/h15H,2-6H2,1H3,(H2,10,13)(H2,11,12,14). The highest BCUT2D eigenvalue weighted by atomic mass is 16.4. The Hall–Kier alpha value is -1.46. The van der Waals surface area contributed by atoms with Crippen molar-refractivity contribution in [1.29, 1.82) is 0 Å². The molecule has 0 saturated heterocycles. The number of hydrogen-bond donors (Lipinski definition) is 4. The molecule has 2 amide bonds. The van der Waals surface area contributed by atoms with Crippen LogP contribution in [-0.4, -0.2) is 29.2 Å². The number of hydrogen-bond acceptors (Lipinski definition) is 3. The zero-order valence-electron chi connectivity index (χ0n) is 8.92. The first kappa shape index (κ1) is 11.6. The van der Waals surface area contributed by atoms with Gasteiger partial charge in [-0.2, -0.15) is 0 Å². The molecule has 0 atom stereocenters. The molecule has 6 heteroatoms. The van der Waals surface area contributed by atoms with E-state index in [1.54, 1.807) is 0 Å². The molecular formula is C9H18N4O2. The molecule has 0 radical (unpaired) electrons. The van der Waals surface area contributed by atoms with Gasteiger partial charge in [0.05, 0.1) is 0 Å². The van der Waals surface area contributed by atoms with Gasteiger partial charge in [-0.15, -0.1) is 0 Å². The number of amidine groups is 1. The molecule has 0 aliphatic heterocycles. The van der Waals surface area contributed by atoms with Gasteiger partial charge in [0.25, 0.3) is 0 Å². The van der Waals surface area contributed by atoms with E-state index >= 15 is 0 Å². The minimum Gasteiger partial charge on any atom is -0.409 e. The lowest BCUT2D eigenvalue weighted by Crippen LogP contribution is -2.58. The molecule has 0 bridgehead atoms. The Morgan fingerprint density at radius 2 is 2.13 bits per heavy atom. The largest absolute Gasteiger partial charge is 0.409 e. The molecular weight excluding hydrogens is 196 g/mol. The van der Waals surface area contributed by atoms with Gasteiger partial charge >= 0.3 is 6.03 Å². The van der Waals surface area contributed by atoms with E-state index in [2.05, 4.69) is 15.8 Å². The summed E-state index contributed by atoms with van der Waals surface area (Å²) in [5.74, 6) is 0.0891. The number of oxime groups is 1. The summed E-state index contributed by atoms with van der Waals surface area (Å²) in [6, 6.07) is -0.272. The van der Waals surface area contributed by atoms with Crippen LogP contribution in [0.15, 0.2) is 5.16 Å². The lowest BCUT2D eigenvalue weighted by atomic mass is 9.96. The Morgan fingerprint density at radius 3 is 2.60 bits per heavy atom. The average molecular weight is 214 g/mol. The zero-order chi connectivity index (χ0) is 11.3. The van der Waals surface area contributed by atoms with Gasteiger partial charge in [0.2, 0.25) is 0 Å². The molecule has 5 N–H and O–H groups in total. The maximum atomic E-state index is 11.4. The highest BCUT2D eigenvalue weighted by Crippen LogP contribution is 2.29. The van der Waals surface area contributed by atoms with E-state index < -0.39 is 5.54 Å². The topological polar surface area (TPSA) is 99.7 Å². The summed E-state index contributed by atoms with van der Waals surface area (Å²) in [6.45, 7) is 2.39. The first-order valence-electron chi connectivity index (χ1n) is 5.18. The number of amides is 2. The third kappa shape index (κ3) is 2.51. The molecule has 0 heterocycles. The molecule has 1 saturated carbocycles. The molecule has 6 nitrogen and oxygen atoms in total. The van der Waals surface area contributed by atoms with Gasteiger partial charge < -0.3 is 21.6 Å². The number of urea groups is 1. The van der Waals surface area contributed by atoms with E-state index in [1.165, 1.54) is 0 Å². The van der Waals surface area contributed by atoms with Crippen LogP contribution in [0.25, 0.3) is 0 Å². The summed E-state index contributed by atoms with van der Waals surface area (Å²) in [5.41, 5.74) is 4.96. The van der Waals surface area contributed by atoms with E-state index in [4.69, 9.17) is 10.9 Å². The second-order valence-electron chi connectivity index (χ2n) is 3.76. The normalized spacial score (nSPS) is 19.9. The number of carbonyl (C=O) groups excluding carboxylic acids is 1. The summed E-state index contributed by atoms with van der Waals surface area (Å²) in [4.78, 5) is 11.4. The van der Waals surface area contributed by atoms with Gasteiger partial charge in [0.15, 0.2) is 5.84 Å². The molecule has 0 aromatic rings. The van der Waals surface area contributed by atoms with Crippen molar-refractivity contribution in [3.63, 3.8) is 0 Å². The quantitative estimate of drug-likeness (QED) is 0.236. The summed E-state index contributed by atoms with van der Waals surface area (Å²) in [6.07, 6.45) is 3.39. The van der Waals surface area contributed by atoms with Crippen LogP contribution in [0.4, 0.5) is 4.79 Å². The number of nitrogens with two attached hydrogens (primary N) is 1. The molecule has 1 rings (SSSR count). The highest BCUT2D eigenvalue weighted by Gasteiger charge is 2.39. The fourth-order valence-electron chi connectivity index (χ4n) is 1.94. The number of carbonyl (C=O) groups is 1. The van der Waals surface area contributed by atoms with Gasteiger partial charge in [0, 0.05) is 6.54 Å². The van der Waals surface area contributed by atoms with Crippen LogP contribution in [0.2, 0.25) is 0 Å². The zero-order valence-corrected chi connectivity index (χ0v) is 8.92. The summed E-state index contributed by atoms with van der Waals surface area (Å²) in [5, 5.41) is 17.1. The summed E-state index contributed by atoms with van der Waals surface area (Å²) < 4.78 is 0. The predicted molar refractivity (Wildman–Crippen MR) is 56.8 cm³/mol. The van der Waals surface area contributed by atoms with Crippen molar-refractivity contribution >= 4 is 11.9 Å². The van der Waals surface area contributed by atoms with Crippen LogP contribution in [-0.2, 0) is 0 Å². The van der Waals surface area contributed by atoms with Crippen LogP contribution in [0.1, 0.15) is 32.6 Å². The molecule has 1 aliphatic rings. The Labute approximate surface area is 88.9 Å². The number of nitrogens with one attached hydrogen (secondary N) is 2. The number of rotatable bonds is 3. The van der Waals surface area contributed by atoms with Crippen LogP contribution in [0.3, 0.4) is 0 Å². The average Bonchev–Trinajstić information content (AvgIpc) is 2.66. The highest BCUT2D eigenvalue weighted by molar-refractivity contribution is 5.93. The first-order chi connectivity index (χ1) is 7.14. The molecule has 0 unspecified atom stereocenters. The molecule has 1 aliphatic carbocycles. The Bertz CT molecular complexity index is 259. The molecule has 0 aromatic heterocycles. The minimum absolute atomic E-state index is 0.0891. The molecule has 0 spiro atoms. The smallest absolute Gasteiger partial charge is 0.315 e. The fourth-order valence-corrected chi connectivity index (χ4v) is 1.94.